The summed E-state index contributed by atoms with van der Waals surface area (Å²) in [6.45, 7) is 1.75. The van der Waals surface area contributed by atoms with E-state index in [4.69, 9.17) is 25.8 Å². The van der Waals surface area contributed by atoms with E-state index in [-0.39, 0.29) is 18.6 Å². The van der Waals surface area contributed by atoms with Crippen molar-refractivity contribution < 1.29 is 19.0 Å². The van der Waals surface area contributed by atoms with Gasteiger partial charge in [-0.25, -0.2) is 0 Å². The van der Waals surface area contributed by atoms with Crippen molar-refractivity contribution in [3.8, 4) is 17.2 Å². The first-order chi connectivity index (χ1) is 11.9. The summed E-state index contributed by atoms with van der Waals surface area (Å²) < 4.78 is 16.8. The third-order valence-corrected chi connectivity index (χ3v) is 4.39. The van der Waals surface area contributed by atoms with Crippen molar-refractivity contribution in [2.24, 2.45) is 0 Å². The van der Waals surface area contributed by atoms with E-state index < -0.39 is 0 Å². The first-order valence-corrected chi connectivity index (χ1v) is 8.70. The molecule has 2 aromatic carbocycles. The molecule has 1 amide bonds. The van der Waals surface area contributed by atoms with Gasteiger partial charge in [0.25, 0.3) is 5.91 Å². The van der Waals surface area contributed by atoms with E-state index in [1.807, 2.05) is 13.0 Å². The lowest BCUT2D eigenvalue weighted by Crippen LogP contribution is -2.31. The Kier molecular flexibility index (Phi) is 6.96. The number of methoxy groups -OCH3 is 2. The SMILES string of the molecule is COc1ccc(OC)c(C(C)NC(=O)COc2ccc(Cl)cc2Br)c1. The Bertz CT molecular complexity index is 754. The fraction of sp³-hybridized carbons (Fsp3) is 0.278. The maximum Gasteiger partial charge on any atom is 0.258 e. The van der Waals surface area contributed by atoms with Gasteiger partial charge in [0.1, 0.15) is 17.2 Å². The normalized spacial score (nSPS) is 11.6. The van der Waals surface area contributed by atoms with E-state index in [2.05, 4.69) is 21.2 Å². The van der Waals surface area contributed by atoms with Crippen LogP contribution in [0.25, 0.3) is 0 Å². The first kappa shape index (κ1) is 19.4. The van der Waals surface area contributed by atoms with Crippen LogP contribution in [0.2, 0.25) is 5.02 Å². The number of amides is 1. The smallest absolute Gasteiger partial charge is 0.258 e. The molecule has 1 unspecified atom stereocenters. The number of benzene rings is 2. The molecule has 2 aromatic rings. The second kappa shape index (κ2) is 8.97. The molecule has 2 rings (SSSR count). The van der Waals surface area contributed by atoms with Crippen LogP contribution < -0.4 is 19.5 Å². The summed E-state index contributed by atoms with van der Waals surface area (Å²) in [5.41, 5.74) is 0.822. The van der Waals surface area contributed by atoms with Gasteiger partial charge >= 0.3 is 0 Å². The highest BCUT2D eigenvalue weighted by Crippen LogP contribution is 2.30. The van der Waals surface area contributed by atoms with Gasteiger partial charge in [-0.05, 0) is 59.3 Å². The fourth-order valence-electron chi connectivity index (χ4n) is 2.27. The summed E-state index contributed by atoms with van der Waals surface area (Å²) in [5.74, 6) is 1.67. The van der Waals surface area contributed by atoms with Crippen LogP contribution in [0.15, 0.2) is 40.9 Å². The number of nitrogens with one attached hydrogen (secondary N) is 1. The van der Waals surface area contributed by atoms with Crippen LogP contribution in [0.3, 0.4) is 0 Å². The van der Waals surface area contributed by atoms with E-state index >= 15 is 0 Å². The molecule has 0 aliphatic rings. The van der Waals surface area contributed by atoms with Gasteiger partial charge in [-0.1, -0.05) is 11.6 Å². The molecule has 25 heavy (non-hydrogen) atoms. The quantitative estimate of drug-likeness (QED) is 0.711. The number of rotatable bonds is 7. The minimum atomic E-state index is -0.269. The molecule has 0 radical (unpaired) electrons. The molecule has 7 heteroatoms. The van der Waals surface area contributed by atoms with Crippen LogP contribution in [0.5, 0.6) is 17.2 Å². The van der Waals surface area contributed by atoms with E-state index in [0.29, 0.717) is 26.7 Å². The van der Waals surface area contributed by atoms with Crippen molar-refractivity contribution in [1.82, 2.24) is 5.32 Å². The Labute approximate surface area is 160 Å². The molecule has 1 atom stereocenters. The molecule has 0 fully saturated rings. The molecule has 0 saturated carbocycles. The summed E-state index contributed by atoms with van der Waals surface area (Å²) in [5, 5.41) is 3.47. The molecular weight excluding hydrogens is 410 g/mol. The summed E-state index contributed by atoms with van der Waals surface area (Å²) in [4.78, 5) is 12.2. The third-order valence-electron chi connectivity index (χ3n) is 3.53. The second-order valence-corrected chi connectivity index (χ2v) is 6.55. The zero-order valence-corrected chi connectivity index (χ0v) is 16.5. The Morgan fingerprint density at radius 3 is 2.52 bits per heavy atom. The van der Waals surface area contributed by atoms with Crippen LogP contribution in [0, 0.1) is 0 Å². The van der Waals surface area contributed by atoms with Gasteiger partial charge < -0.3 is 19.5 Å². The van der Waals surface area contributed by atoms with Gasteiger partial charge in [-0.15, -0.1) is 0 Å². The third kappa shape index (κ3) is 5.28. The van der Waals surface area contributed by atoms with Crippen molar-refractivity contribution >= 4 is 33.4 Å². The zero-order valence-electron chi connectivity index (χ0n) is 14.1. The van der Waals surface area contributed by atoms with E-state index in [1.165, 1.54) is 0 Å². The molecular formula is C18H19BrClNO4. The van der Waals surface area contributed by atoms with Crippen molar-refractivity contribution in [2.75, 3.05) is 20.8 Å². The molecule has 0 spiro atoms. The predicted octanol–water partition coefficient (Wildman–Crippen LogP) is 4.38. The van der Waals surface area contributed by atoms with Crippen molar-refractivity contribution in [1.29, 1.82) is 0 Å². The van der Waals surface area contributed by atoms with Gasteiger partial charge in [-0.3, -0.25) is 4.79 Å². The lowest BCUT2D eigenvalue weighted by atomic mass is 10.1. The Balaban J connectivity index is 2.00. The van der Waals surface area contributed by atoms with Gasteiger partial charge in [0.05, 0.1) is 24.7 Å². The lowest BCUT2D eigenvalue weighted by molar-refractivity contribution is -0.123. The Hall–Kier alpha value is -1.92. The highest BCUT2D eigenvalue weighted by Gasteiger charge is 2.16. The molecule has 1 N–H and O–H groups in total. The molecule has 0 aliphatic carbocycles. The summed E-state index contributed by atoms with van der Waals surface area (Å²) in [6.07, 6.45) is 0. The average Bonchev–Trinajstić information content (AvgIpc) is 2.60. The highest BCUT2D eigenvalue weighted by molar-refractivity contribution is 9.10. The first-order valence-electron chi connectivity index (χ1n) is 7.53. The van der Waals surface area contributed by atoms with Crippen LogP contribution in [0.1, 0.15) is 18.5 Å². The molecule has 0 aliphatic heterocycles. The minimum Gasteiger partial charge on any atom is -0.497 e. The van der Waals surface area contributed by atoms with Gasteiger partial charge in [-0.2, -0.15) is 0 Å². The van der Waals surface area contributed by atoms with Crippen LogP contribution in [-0.4, -0.2) is 26.7 Å². The van der Waals surface area contributed by atoms with E-state index in [1.54, 1.807) is 44.6 Å². The lowest BCUT2D eigenvalue weighted by Gasteiger charge is -2.18. The number of carbonyl (C=O) groups is 1. The summed E-state index contributed by atoms with van der Waals surface area (Å²) in [7, 11) is 3.17. The Morgan fingerprint density at radius 2 is 1.88 bits per heavy atom. The highest BCUT2D eigenvalue weighted by atomic mass is 79.9. The van der Waals surface area contributed by atoms with Crippen molar-refractivity contribution in [3.63, 3.8) is 0 Å². The Morgan fingerprint density at radius 1 is 1.16 bits per heavy atom. The second-order valence-electron chi connectivity index (χ2n) is 5.26. The zero-order chi connectivity index (χ0) is 18.4. The maximum atomic E-state index is 12.2. The maximum absolute atomic E-state index is 12.2. The van der Waals surface area contributed by atoms with Crippen LogP contribution in [0.4, 0.5) is 0 Å². The topological polar surface area (TPSA) is 56.8 Å². The number of carbonyl (C=O) groups excluding carboxylic acids is 1. The monoisotopic (exact) mass is 427 g/mol. The molecule has 134 valence electrons. The molecule has 5 nitrogen and oxygen atoms in total. The predicted molar refractivity (Wildman–Crippen MR) is 101 cm³/mol. The van der Waals surface area contributed by atoms with Gasteiger partial charge in [0, 0.05) is 10.6 Å². The minimum absolute atomic E-state index is 0.114. The number of ether oxygens (including phenoxy) is 3. The number of halogens is 2. The van der Waals surface area contributed by atoms with E-state index in [9.17, 15) is 4.79 Å². The standard InChI is InChI=1S/C18H19BrClNO4/c1-11(14-9-13(23-2)5-7-16(14)24-3)21-18(22)10-25-17-6-4-12(20)8-15(17)19/h4-9,11H,10H2,1-3H3,(H,21,22). The van der Waals surface area contributed by atoms with Gasteiger partial charge in [0.2, 0.25) is 0 Å². The molecule has 0 aromatic heterocycles. The van der Waals surface area contributed by atoms with Crippen LogP contribution in [-0.2, 0) is 4.79 Å². The number of hydrogen-bond donors (Lipinski definition) is 1. The largest absolute Gasteiger partial charge is 0.497 e. The summed E-state index contributed by atoms with van der Waals surface area (Å²) in [6, 6.07) is 10.3. The molecule has 0 saturated heterocycles. The number of hydrogen-bond acceptors (Lipinski definition) is 4. The average molecular weight is 429 g/mol. The van der Waals surface area contributed by atoms with Crippen molar-refractivity contribution in [2.45, 2.75) is 13.0 Å². The molecule has 0 bridgehead atoms. The molecule has 0 heterocycles. The van der Waals surface area contributed by atoms with Crippen LogP contribution >= 0.6 is 27.5 Å². The van der Waals surface area contributed by atoms with Crippen molar-refractivity contribution in [3.05, 3.63) is 51.5 Å². The summed E-state index contributed by atoms with van der Waals surface area (Å²) >= 11 is 9.23. The van der Waals surface area contributed by atoms with Gasteiger partial charge in [0.15, 0.2) is 6.61 Å². The van der Waals surface area contributed by atoms with E-state index in [0.717, 1.165) is 5.56 Å². The fourth-order valence-corrected chi connectivity index (χ4v) is 3.07.